The maximum atomic E-state index is 14.9. The minimum atomic E-state index is -0.984. The number of amides is 3. The van der Waals surface area contributed by atoms with E-state index >= 15 is 0 Å². The molecule has 1 aromatic rings. The number of Topliss-reactive ketones (excluding diaryl/α,β-unsaturated/α-hetero) is 4. The molecule has 54 heavy (non-hydrogen) atoms. The van der Waals surface area contributed by atoms with E-state index in [4.69, 9.17) is 0 Å². The van der Waals surface area contributed by atoms with E-state index in [1.165, 1.54) is 0 Å². The molecule has 6 atom stereocenters. The van der Waals surface area contributed by atoms with Crippen molar-refractivity contribution in [3.8, 4) is 0 Å². The zero-order chi connectivity index (χ0) is 39.0. The average molecular weight is 746 g/mol. The monoisotopic (exact) mass is 745 g/mol. The molecule has 1 aliphatic heterocycles. The molecular formula is C44H63N3O7. The molecule has 10 heteroatoms. The summed E-state index contributed by atoms with van der Waals surface area (Å²) in [6.45, 7) is 7.81. The Balaban J connectivity index is 1.34. The average Bonchev–Trinajstić information content (AvgIpc) is 3.89. The van der Waals surface area contributed by atoms with Gasteiger partial charge in [-0.15, -0.1) is 0 Å². The number of rotatable bonds is 18. The molecule has 1 heterocycles. The van der Waals surface area contributed by atoms with Crippen molar-refractivity contribution in [1.29, 1.82) is 0 Å². The third-order valence-corrected chi connectivity index (χ3v) is 12.5. The number of ketones is 4. The number of hydrogen-bond donors (Lipinski definition) is 2. The molecule has 1 unspecified atom stereocenters. The minimum Gasteiger partial charge on any atom is -0.345 e. The Labute approximate surface area is 321 Å². The van der Waals surface area contributed by atoms with Gasteiger partial charge in [-0.25, -0.2) is 0 Å². The SMILES string of the molecule is CCC[C@H](CC(=O)[C@@H]1C[C@@H]2CCCC[C@@H]2N1C(=O)C(NC(=O)[C@@H](CC(=O)C(=O)NCc1ccccc1)C1CCCCC1)C(C)(C)C)C(=O)C(=O)CC1CC1. The predicted octanol–water partition coefficient (Wildman–Crippen LogP) is 6.46. The summed E-state index contributed by atoms with van der Waals surface area (Å²) in [5.41, 5.74) is 0.122. The quantitative estimate of drug-likeness (QED) is 0.164. The highest BCUT2D eigenvalue weighted by Gasteiger charge is 2.51. The third kappa shape index (κ3) is 10.7. The van der Waals surface area contributed by atoms with E-state index in [-0.39, 0.29) is 67.1 Å². The summed E-state index contributed by atoms with van der Waals surface area (Å²) in [6, 6.07) is 7.45. The normalized spacial score (nSPS) is 23.4. The van der Waals surface area contributed by atoms with Gasteiger partial charge in [-0.2, -0.15) is 0 Å². The van der Waals surface area contributed by atoms with E-state index in [1.54, 1.807) is 4.90 Å². The van der Waals surface area contributed by atoms with Crippen LogP contribution in [0.2, 0.25) is 0 Å². The molecule has 1 aromatic carbocycles. The van der Waals surface area contributed by atoms with Gasteiger partial charge in [0.25, 0.3) is 5.91 Å². The van der Waals surface area contributed by atoms with Gasteiger partial charge < -0.3 is 15.5 Å². The second kappa shape index (κ2) is 18.8. The Morgan fingerprint density at radius 2 is 1.48 bits per heavy atom. The Kier molecular flexibility index (Phi) is 14.4. The lowest BCUT2D eigenvalue weighted by molar-refractivity contribution is -0.148. The van der Waals surface area contributed by atoms with Crippen LogP contribution in [0.15, 0.2) is 30.3 Å². The van der Waals surface area contributed by atoms with Crippen LogP contribution in [0, 0.1) is 35.0 Å². The lowest BCUT2D eigenvalue weighted by atomic mass is 9.76. The molecule has 296 valence electrons. The molecule has 3 aliphatic carbocycles. The summed E-state index contributed by atoms with van der Waals surface area (Å²) in [4.78, 5) is 97.8. The van der Waals surface area contributed by atoms with Crippen LogP contribution < -0.4 is 10.6 Å². The van der Waals surface area contributed by atoms with Crippen LogP contribution in [-0.2, 0) is 40.1 Å². The van der Waals surface area contributed by atoms with Crippen LogP contribution in [0.4, 0.5) is 0 Å². The Morgan fingerprint density at radius 3 is 2.13 bits per heavy atom. The number of hydrogen-bond acceptors (Lipinski definition) is 7. The van der Waals surface area contributed by atoms with Gasteiger partial charge in [-0.1, -0.05) is 96.6 Å². The zero-order valence-corrected chi connectivity index (χ0v) is 33.0. The van der Waals surface area contributed by atoms with Gasteiger partial charge in [-0.3, -0.25) is 33.6 Å². The first-order chi connectivity index (χ1) is 25.8. The number of carbonyl (C=O) groups excluding carboxylic acids is 7. The van der Waals surface area contributed by atoms with Crippen LogP contribution in [-0.4, -0.2) is 63.9 Å². The maximum absolute atomic E-state index is 14.9. The molecule has 5 rings (SSSR count). The van der Waals surface area contributed by atoms with E-state index < -0.39 is 52.7 Å². The van der Waals surface area contributed by atoms with Crippen LogP contribution in [0.25, 0.3) is 0 Å². The fourth-order valence-corrected chi connectivity index (χ4v) is 9.26. The fourth-order valence-electron chi connectivity index (χ4n) is 9.26. The van der Waals surface area contributed by atoms with Gasteiger partial charge in [-0.05, 0) is 80.1 Å². The number of nitrogens with one attached hydrogen (secondary N) is 2. The van der Waals surface area contributed by atoms with Crippen molar-refractivity contribution >= 4 is 40.9 Å². The Hall–Kier alpha value is -3.69. The number of likely N-dealkylation sites (tertiary alicyclic amines) is 1. The van der Waals surface area contributed by atoms with Crippen molar-refractivity contribution in [1.82, 2.24) is 15.5 Å². The molecule has 10 nitrogen and oxygen atoms in total. The highest BCUT2D eigenvalue weighted by atomic mass is 16.2. The molecule has 0 bridgehead atoms. The van der Waals surface area contributed by atoms with E-state index in [2.05, 4.69) is 10.6 Å². The lowest BCUT2D eigenvalue weighted by Gasteiger charge is -2.40. The van der Waals surface area contributed by atoms with Gasteiger partial charge in [0.2, 0.25) is 23.4 Å². The standard InChI is InChI=1S/C44H63N3O7/c1-5-14-32(39(51)37(49)23-28-21-22-28)25-36(48)35-24-31-19-12-13-20-34(31)47(35)43(54)40(44(2,3)4)46-41(52)33(30-17-10-7-11-18-30)26-38(50)42(53)45-27-29-15-8-6-9-16-29/h6,8-9,15-16,28,30-35,40H,5,7,10-14,17-27H2,1-4H3,(H,45,53)(H,46,52)/t31-,32+,33-,34-,35-,40?/m0/s1. The molecule has 3 amide bonds. The van der Waals surface area contributed by atoms with Crippen molar-refractivity contribution in [2.24, 2.45) is 35.0 Å². The summed E-state index contributed by atoms with van der Waals surface area (Å²) in [5, 5.41) is 5.78. The molecular weight excluding hydrogens is 682 g/mol. The van der Waals surface area contributed by atoms with Gasteiger partial charge in [0.15, 0.2) is 11.6 Å². The third-order valence-electron chi connectivity index (χ3n) is 12.5. The first kappa shape index (κ1) is 41.5. The summed E-state index contributed by atoms with van der Waals surface area (Å²) < 4.78 is 0. The summed E-state index contributed by atoms with van der Waals surface area (Å²) in [5.74, 6) is -4.27. The van der Waals surface area contributed by atoms with Gasteiger partial charge >= 0.3 is 0 Å². The van der Waals surface area contributed by atoms with Crippen LogP contribution >= 0.6 is 0 Å². The van der Waals surface area contributed by atoms with E-state index in [9.17, 15) is 33.6 Å². The Morgan fingerprint density at radius 1 is 0.815 bits per heavy atom. The number of fused-ring (bicyclic) bond motifs is 1. The largest absolute Gasteiger partial charge is 0.345 e. The minimum absolute atomic E-state index is 0.0677. The topological polar surface area (TPSA) is 147 Å². The van der Waals surface area contributed by atoms with Crippen molar-refractivity contribution in [2.75, 3.05) is 0 Å². The smallest absolute Gasteiger partial charge is 0.287 e. The highest BCUT2D eigenvalue weighted by molar-refractivity contribution is 6.38. The second-order valence-corrected chi connectivity index (χ2v) is 17.8. The van der Waals surface area contributed by atoms with E-state index in [0.717, 1.165) is 76.2 Å². The zero-order valence-electron chi connectivity index (χ0n) is 33.0. The van der Waals surface area contributed by atoms with Crippen molar-refractivity contribution < 1.29 is 33.6 Å². The number of carbonyl (C=O) groups is 7. The summed E-state index contributed by atoms with van der Waals surface area (Å²) >= 11 is 0. The van der Waals surface area contributed by atoms with Gasteiger partial charge in [0, 0.05) is 43.7 Å². The molecule has 1 saturated heterocycles. The number of benzene rings is 1. The van der Waals surface area contributed by atoms with Crippen LogP contribution in [0.3, 0.4) is 0 Å². The van der Waals surface area contributed by atoms with Crippen LogP contribution in [0.1, 0.15) is 142 Å². The first-order valence-corrected chi connectivity index (χ1v) is 20.9. The molecule has 0 spiro atoms. The van der Waals surface area contributed by atoms with Gasteiger partial charge in [0.1, 0.15) is 6.04 Å². The fraction of sp³-hybridized carbons (Fsp3) is 0.705. The van der Waals surface area contributed by atoms with Crippen molar-refractivity contribution in [3.05, 3.63) is 35.9 Å². The van der Waals surface area contributed by atoms with E-state index in [0.29, 0.717) is 19.3 Å². The maximum Gasteiger partial charge on any atom is 0.287 e. The molecule has 3 saturated carbocycles. The molecule has 0 radical (unpaired) electrons. The highest BCUT2D eigenvalue weighted by Crippen LogP contribution is 2.42. The predicted molar refractivity (Wildman–Crippen MR) is 206 cm³/mol. The number of nitrogens with zero attached hydrogens (tertiary/aromatic N) is 1. The molecule has 0 aromatic heterocycles. The Bertz CT molecular complexity index is 1520. The van der Waals surface area contributed by atoms with Crippen molar-refractivity contribution in [3.63, 3.8) is 0 Å². The summed E-state index contributed by atoms with van der Waals surface area (Å²) in [6.07, 6.45) is 11.5. The molecule has 4 fully saturated rings. The summed E-state index contributed by atoms with van der Waals surface area (Å²) in [7, 11) is 0. The molecule has 4 aliphatic rings. The lowest BCUT2D eigenvalue weighted by Crippen LogP contribution is -2.60. The van der Waals surface area contributed by atoms with Crippen LogP contribution in [0.5, 0.6) is 0 Å². The molecule has 2 N–H and O–H groups in total. The first-order valence-electron chi connectivity index (χ1n) is 20.9. The van der Waals surface area contributed by atoms with E-state index in [1.807, 2.05) is 58.0 Å². The second-order valence-electron chi connectivity index (χ2n) is 17.8. The van der Waals surface area contributed by atoms with Gasteiger partial charge in [0.05, 0.1) is 6.04 Å². The van der Waals surface area contributed by atoms with Crippen molar-refractivity contribution in [2.45, 2.75) is 162 Å².